The quantitative estimate of drug-likeness (QED) is 0.00553. The summed E-state index contributed by atoms with van der Waals surface area (Å²) in [6.45, 7) is 0.496. The Morgan fingerprint density at radius 1 is 0.694 bits per heavy atom. The Morgan fingerprint density at radius 3 is 1.85 bits per heavy atom. The number of carbonyl (C=O) groups is 9. The molecule has 3 atom stereocenters. The van der Waals surface area contributed by atoms with Crippen LogP contribution in [0.15, 0.2) is 127 Å². The van der Waals surface area contributed by atoms with Crippen LogP contribution in [0.25, 0.3) is 33.7 Å². The zero-order valence-electron chi connectivity index (χ0n) is 52.5. The number of hydrogen-bond donors (Lipinski definition) is 11. The van der Waals surface area contributed by atoms with Crippen molar-refractivity contribution in [3.63, 3.8) is 0 Å². The fourth-order valence-corrected chi connectivity index (χ4v) is 13.7. The fourth-order valence-electron chi connectivity index (χ4n) is 12.3. The Morgan fingerprint density at radius 2 is 1.28 bits per heavy atom. The maximum absolute atomic E-state index is 14.3. The van der Waals surface area contributed by atoms with Gasteiger partial charge in [-0.25, -0.2) is 14.2 Å². The molecule has 1 fully saturated rings. The van der Waals surface area contributed by atoms with E-state index in [4.69, 9.17) is 42.7 Å². The molecule has 4 aliphatic rings. The first-order valence-electron chi connectivity index (χ1n) is 31.3. The van der Waals surface area contributed by atoms with Gasteiger partial charge in [-0.05, 0) is 79.7 Å². The van der Waals surface area contributed by atoms with Gasteiger partial charge in [0.25, 0.3) is 17.7 Å². The van der Waals surface area contributed by atoms with Gasteiger partial charge in [-0.15, -0.1) is 11.6 Å². The minimum atomic E-state index is -5.11. The third-order valence-electron chi connectivity index (χ3n) is 17.3. The fraction of sp³-hybridized carbons (Fsp3) is 0.299. The molecular formula is C67H71Cl2N9O18P2. The van der Waals surface area contributed by atoms with Gasteiger partial charge in [0, 0.05) is 73.3 Å². The number of amides is 10. The van der Waals surface area contributed by atoms with E-state index < -0.39 is 69.1 Å². The molecule has 3 heterocycles. The van der Waals surface area contributed by atoms with Crippen molar-refractivity contribution in [3.05, 3.63) is 155 Å². The van der Waals surface area contributed by atoms with Gasteiger partial charge >= 0.3 is 203 Å². The van der Waals surface area contributed by atoms with Crippen molar-refractivity contribution >= 4 is 149 Å². The van der Waals surface area contributed by atoms with E-state index in [1.54, 1.807) is 72.8 Å². The van der Waals surface area contributed by atoms with Crippen molar-refractivity contribution in [2.75, 3.05) is 64.9 Å². The molecule has 0 aromatic heterocycles. The number of carbonyl (C=O) groups excluding carboxylic acids is 9. The van der Waals surface area contributed by atoms with Crippen molar-refractivity contribution in [2.45, 2.75) is 75.9 Å². The zero-order valence-corrected chi connectivity index (χ0v) is 55.9. The van der Waals surface area contributed by atoms with Crippen molar-refractivity contribution in [3.8, 4) is 11.5 Å². The summed E-state index contributed by atoms with van der Waals surface area (Å²) < 4.78 is 28.1. The number of halogens is 2. The standard InChI is InChI=1S/C67H71Cl2N9O18P2/c68-35-43-37-77(52-33-54(95-97(88,89)90)46-10-2-4-12-48(46)60(43)52)58(81)23-18-40-15-19-42(20-24-59(82)78-38-44(36-69)61-49-13-5-3-11-47(49)55(34-53(61)78)96-98(91,92)93)51(32-40)75-66(87)94-39-41-16-21-45(22-17-41)73-62(83)50(14-8-30-72-65(70)86)74-64(85)67(27-9-28-67)63(84)71-29-6-1-7-31-76-56(79)25-26-57(76)80/h2-5,10-13,15-26,32-34,43-44,50,88-90,97H,1,6-9,14,27-31,35-39H2,(H,71,84)(H,73,83)(H,74,85)(H,75,87)(H3,70,72,86)(H2,91,92,93)/b23-18+,24-20+/t43-,44-,50+/m1/s1. The molecule has 98 heavy (non-hydrogen) atoms. The number of hydrogen-bond acceptors (Lipinski definition) is 16. The molecule has 1 saturated carbocycles. The van der Waals surface area contributed by atoms with Crippen molar-refractivity contribution < 1.29 is 86.0 Å². The summed E-state index contributed by atoms with van der Waals surface area (Å²) >= 11 is 13.0. The monoisotopic (exact) mass is 1420 g/mol. The number of phosphoric acid groups is 1. The number of imide groups is 1. The van der Waals surface area contributed by atoms with Crippen LogP contribution in [0.3, 0.4) is 0 Å². The van der Waals surface area contributed by atoms with Gasteiger partial charge in [0.2, 0.25) is 17.7 Å². The molecule has 0 unspecified atom stereocenters. The number of ether oxygens (including phenoxy) is 1. The van der Waals surface area contributed by atoms with Crippen molar-refractivity contribution in [1.29, 1.82) is 0 Å². The number of urea groups is 1. The Kier molecular flexibility index (Phi) is 22.7. The molecular weight excluding hydrogens is 1350 g/mol. The van der Waals surface area contributed by atoms with Crippen LogP contribution in [-0.2, 0) is 49.5 Å². The summed E-state index contributed by atoms with van der Waals surface area (Å²) in [6.07, 6.45) is 9.89. The van der Waals surface area contributed by atoms with Crippen LogP contribution < -0.4 is 51.2 Å². The SMILES string of the molecule is NC(=O)NCCC[C@H](NC(=O)C1(C(=O)NCCCCCN2C(=O)C=CC2=O)CCC1)C(=O)Nc1ccc(COC(=O)Nc2cc(/C=C/C(=O)N3C[C@@H](CCl)c4c3cc(O[PH](O)(O)O)c3ccccc43)ccc2/C=C/C(=O)N2C[C@@H](CCl)c3c2cc(OP(=O)(O)O)c2ccccc32)cc1. The molecule has 10 amide bonds. The molecule has 0 spiro atoms. The van der Waals surface area contributed by atoms with Crippen molar-refractivity contribution in [2.24, 2.45) is 11.1 Å². The predicted molar refractivity (Wildman–Crippen MR) is 369 cm³/mol. The van der Waals surface area contributed by atoms with Gasteiger partial charge in [-0.3, -0.25) is 43.5 Å². The number of nitrogens with zero attached hydrogens (tertiary/aromatic N) is 3. The van der Waals surface area contributed by atoms with Crippen LogP contribution in [-0.4, -0.2) is 133 Å². The first-order valence-corrected chi connectivity index (χ1v) is 35.7. The van der Waals surface area contributed by atoms with Crippen LogP contribution in [0, 0.1) is 5.41 Å². The molecule has 0 saturated heterocycles. The number of rotatable bonds is 28. The normalized spacial score (nSPS) is 16.8. The molecule has 3 aliphatic heterocycles. The van der Waals surface area contributed by atoms with E-state index in [2.05, 4.69) is 26.6 Å². The molecule has 6 aromatic carbocycles. The maximum atomic E-state index is 14.3. The summed E-state index contributed by atoms with van der Waals surface area (Å²) in [5, 5.41) is 15.6. The van der Waals surface area contributed by atoms with E-state index >= 15 is 0 Å². The van der Waals surface area contributed by atoms with Crippen LogP contribution in [0.5, 0.6) is 11.5 Å². The minimum Gasteiger partial charge on any atom is -0.404 e. The number of nitrogens with one attached hydrogen (secondary N) is 5. The third-order valence-corrected chi connectivity index (χ3v) is 18.9. The van der Waals surface area contributed by atoms with Gasteiger partial charge in [-0.1, -0.05) is 42.8 Å². The summed E-state index contributed by atoms with van der Waals surface area (Å²) in [5.41, 5.74) is 7.40. The second-order valence-electron chi connectivity index (χ2n) is 23.8. The van der Waals surface area contributed by atoms with E-state index in [-0.39, 0.29) is 123 Å². The van der Waals surface area contributed by atoms with Crippen LogP contribution in [0.2, 0.25) is 0 Å². The summed E-state index contributed by atoms with van der Waals surface area (Å²) in [5.74, 6) is -4.36. The van der Waals surface area contributed by atoms with Crippen LogP contribution in [0.4, 0.5) is 32.3 Å². The second kappa shape index (κ2) is 31.1. The number of alkyl halides is 2. The average Bonchev–Trinajstić information content (AvgIpc) is 1.56. The summed E-state index contributed by atoms with van der Waals surface area (Å²) in [7, 11) is -10.2. The van der Waals surface area contributed by atoms with Gasteiger partial charge in [0.15, 0.2) is 0 Å². The predicted octanol–water partition coefficient (Wildman–Crippen LogP) is 8.00. The van der Waals surface area contributed by atoms with E-state index in [1.807, 2.05) is 0 Å². The number of benzene rings is 6. The summed E-state index contributed by atoms with van der Waals surface area (Å²) in [6, 6.07) is 25.5. The average molecular weight is 1420 g/mol. The van der Waals surface area contributed by atoms with Gasteiger partial charge < -0.3 is 41.2 Å². The Hall–Kier alpha value is -9.27. The second-order valence-corrected chi connectivity index (χ2v) is 27.0. The molecule has 6 aromatic rings. The molecule has 0 bridgehead atoms. The third kappa shape index (κ3) is 17.0. The molecule has 12 N–H and O–H groups in total. The Balaban J connectivity index is 0.836. The molecule has 10 rings (SSSR count). The number of fused-ring (bicyclic) bond motifs is 6. The summed E-state index contributed by atoms with van der Waals surface area (Å²) in [4.78, 5) is 173. The van der Waals surface area contributed by atoms with E-state index in [9.17, 15) is 72.2 Å². The molecule has 31 heteroatoms. The topological polar surface area (TPSA) is 395 Å². The van der Waals surface area contributed by atoms with E-state index in [0.717, 1.165) is 4.90 Å². The van der Waals surface area contributed by atoms with Crippen LogP contribution >= 0.6 is 39.2 Å². The van der Waals surface area contributed by atoms with Gasteiger partial charge in [0.1, 0.15) is 23.8 Å². The zero-order chi connectivity index (χ0) is 70.1. The Labute approximate surface area is 571 Å². The van der Waals surface area contributed by atoms with Crippen molar-refractivity contribution in [1.82, 2.24) is 20.9 Å². The number of anilines is 4. The number of phosphoric ester groups is 1. The first-order chi connectivity index (χ1) is 46.8. The van der Waals surface area contributed by atoms with E-state index in [0.29, 0.717) is 86.5 Å². The molecule has 0 radical (unpaired) electrons. The molecule has 27 nitrogen and oxygen atoms in total. The van der Waals surface area contributed by atoms with Gasteiger partial charge in [-0.2, -0.15) is 0 Å². The molecule has 1 aliphatic carbocycles. The van der Waals surface area contributed by atoms with Gasteiger partial charge in [0.05, 0.1) is 5.69 Å². The first kappa shape index (κ1) is 71.5. The van der Waals surface area contributed by atoms with E-state index in [1.165, 1.54) is 76.6 Å². The Bertz CT molecular complexity index is 4250. The van der Waals surface area contributed by atoms with Crippen LogP contribution in [0.1, 0.15) is 91.0 Å². The molecule has 516 valence electrons. The number of unbranched alkanes of at least 4 members (excludes halogenated alkanes) is 2. The smallest absolute Gasteiger partial charge is 0.404 e. The minimum absolute atomic E-state index is 0.0464. The number of primary amides is 1. The number of nitrogens with two attached hydrogens (primary N) is 1.